The van der Waals surface area contributed by atoms with Gasteiger partial charge in [0, 0.05) is 37.3 Å². The highest BCUT2D eigenvalue weighted by Gasteiger charge is 2.38. The number of hydrogen-bond acceptors (Lipinski definition) is 7. The van der Waals surface area contributed by atoms with Crippen LogP contribution in [-0.2, 0) is 17.6 Å². The smallest absolute Gasteiger partial charge is 0.425 e. The van der Waals surface area contributed by atoms with Crippen LogP contribution in [0.1, 0.15) is 56.1 Å². The quantitative estimate of drug-likeness (QED) is 0.518. The number of pyridine rings is 1. The SMILES string of the molecule is Cc1ncc(OCC(=O)NC2CCC(CCN3CCc4ccc(O[C@H](C)C(F)(F)F)nc4CC3)CC2)cn1. The molecule has 1 atom stereocenters. The predicted molar refractivity (Wildman–Crippen MR) is 135 cm³/mol. The van der Waals surface area contributed by atoms with E-state index in [2.05, 4.69) is 25.2 Å². The number of carbonyl (C=O) groups excluding carboxylic acids is 1. The molecule has 0 radical (unpaired) electrons. The van der Waals surface area contributed by atoms with Gasteiger partial charge in [-0.05, 0) is 70.4 Å². The molecule has 1 saturated carbocycles. The number of fused-ring (bicyclic) bond motifs is 1. The molecule has 11 heteroatoms. The zero-order chi connectivity index (χ0) is 27.1. The number of halogens is 3. The number of alkyl halides is 3. The molecule has 2 aromatic heterocycles. The van der Waals surface area contributed by atoms with E-state index in [0.29, 0.717) is 23.9 Å². The second-order valence-corrected chi connectivity index (χ2v) is 10.2. The Hall–Kier alpha value is -2.95. The van der Waals surface area contributed by atoms with Gasteiger partial charge in [-0.3, -0.25) is 4.79 Å². The highest BCUT2D eigenvalue weighted by molar-refractivity contribution is 5.77. The minimum atomic E-state index is -4.41. The van der Waals surface area contributed by atoms with Gasteiger partial charge in [-0.15, -0.1) is 0 Å². The molecule has 0 saturated heterocycles. The van der Waals surface area contributed by atoms with Gasteiger partial charge in [0.25, 0.3) is 5.91 Å². The van der Waals surface area contributed by atoms with Crippen LogP contribution in [0.2, 0.25) is 0 Å². The van der Waals surface area contributed by atoms with E-state index in [9.17, 15) is 18.0 Å². The van der Waals surface area contributed by atoms with E-state index in [1.807, 2.05) is 6.07 Å². The van der Waals surface area contributed by atoms with Gasteiger partial charge in [-0.25, -0.2) is 15.0 Å². The summed E-state index contributed by atoms with van der Waals surface area (Å²) < 4.78 is 48.9. The first kappa shape index (κ1) is 28.1. The van der Waals surface area contributed by atoms with E-state index in [1.165, 1.54) is 6.07 Å². The van der Waals surface area contributed by atoms with Gasteiger partial charge < -0.3 is 19.7 Å². The molecule has 1 N–H and O–H groups in total. The molecular formula is C27H36F3N5O3. The fraction of sp³-hybridized carbons (Fsp3) is 0.630. The molecule has 1 aliphatic carbocycles. The van der Waals surface area contributed by atoms with Gasteiger partial charge in [0.15, 0.2) is 18.5 Å². The summed E-state index contributed by atoms with van der Waals surface area (Å²) in [7, 11) is 0. The van der Waals surface area contributed by atoms with E-state index < -0.39 is 12.3 Å². The molecule has 8 nitrogen and oxygen atoms in total. The molecule has 2 aromatic rings. The van der Waals surface area contributed by atoms with E-state index >= 15 is 0 Å². The molecule has 2 aliphatic rings. The maximum Gasteiger partial charge on any atom is 0.425 e. The Kier molecular flexibility index (Phi) is 9.40. The molecule has 3 heterocycles. The van der Waals surface area contributed by atoms with Crippen LogP contribution >= 0.6 is 0 Å². The van der Waals surface area contributed by atoms with Crippen LogP contribution in [0.5, 0.6) is 11.6 Å². The lowest BCUT2D eigenvalue weighted by atomic mass is 9.84. The Bertz CT molecular complexity index is 1060. The fourth-order valence-electron chi connectivity index (χ4n) is 4.98. The van der Waals surface area contributed by atoms with Crippen molar-refractivity contribution in [3.05, 3.63) is 41.6 Å². The number of nitrogens with one attached hydrogen (secondary N) is 1. The number of amides is 1. The summed E-state index contributed by atoms with van der Waals surface area (Å²) in [5.41, 5.74) is 1.91. The first-order chi connectivity index (χ1) is 18.2. The van der Waals surface area contributed by atoms with Crippen molar-refractivity contribution in [2.24, 2.45) is 5.92 Å². The van der Waals surface area contributed by atoms with Crippen molar-refractivity contribution in [1.82, 2.24) is 25.2 Å². The van der Waals surface area contributed by atoms with Gasteiger partial charge in [0.05, 0.1) is 12.4 Å². The second kappa shape index (κ2) is 12.7. The maximum atomic E-state index is 12.8. The Balaban J connectivity index is 1.14. The van der Waals surface area contributed by atoms with Crippen molar-refractivity contribution in [1.29, 1.82) is 0 Å². The third-order valence-corrected chi connectivity index (χ3v) is 7.36. The third kappa shape index (κ3) is 8.28. The molecule has 0 unspecified atom stereocenters. The summed E-state index contributed by atoms with van der Waals surface area (Å²) in [5.74, 6) is 1.65. The highest BCUT2D eigenvalue weighted by atomic mass is 19.4. The normalized spacial score (nSPS) is 21.2. The first-order valence-corrected chi connectivity index (χ1v) is 13.3. The topological polar surface area (TPSA) is 89.5 Å². The lowest BCUT2D eigenvalue weighted by Gasteiger charge is -2.30. The van der Waals surface area contributed by atoms with Gasteiger partial charge in [0.2, 0.25) is 5.88 Å². The first-order valence-electron chi connectivity index (χ1n) is 13.3. The van der Waals surface area contributed by atoms with Crippen LogP contribution in [0.15, 0.2) is 24.5 Å². The van der Waals surface area contributed by atoms with E-state index in [0.717, 1.165) is 76.3 Å². The van der Waals surface area contributed by atoms with Crippen molar-refractivity contribution in [3.63, 3.8) is 0 Å². The lowest BCUT2D eigenvalue weighted by Crippen LogP contribution is -2.40. The summed E-state index contributed by atoms with van der Waals surface area (Å²) >= 11 is 0. The summed E-state index contributed by atoms with van der Waals surface area (Å²) in [6.45, 7) is 5.45. The van der Waals surface area contributed by atoms with Crippen molar-refractivity contribution in [2.45, 2.75) is 77.1 Å². The van der Waals surface area contributed by atoms with E-state index in [1.54, 1.807) is 19.3 Å². The number of nitrogens with zero attached hydrogens (tertiary/aromatic N) is 4. The lowest BCUT2D eigenvalue weighted by molar-refractivity contribution is -0.190. The molecule has 0 aromatic carbocycles. The summed E-state index contributed by atoms with van der Waals surface area (Å²) in [6.07, 6.45) is 3.50. The molecule has 38 heavy (non-hydrogen) atoms. The van der Waals surface area contributed by atoms with Gasteiger partial charge in [0.1, 0.15) is 5.82 Å². The highest BCUT2D eigenvalue weighted by Crippen LogP contribution is 2.28. The number of ether oxygens (including phenoxy) is 2. The molecular weight excluding hydrogens is 499 g/mol. The van der Waals surface area contributed by atoms with Gasteiger partial charge in [-0.2, -0.15) is 13.2 Å². The number of aromatic nitrogens is 3. The summed E-state index contributed by atoms with van der Waals surface area (Å²) in [5, 5.41) is 3.07. The Morgan fingerprint density at radius 2 is 1.84 bits per heavy atom. The Morgan fingerprint density at radius 3 is 2.55 bits per heavy atom. The third-order valence-electron chi connectivity index (χ3n) is 7.36. The Labute approximate surface area is 221 Å². The minimum absolute atomic E-state index is 0.0293. The van der Waals surface area contributed by atoms with Crippen LogP contribution in [0.25, 0.3) is 0 Å². The monoisotopic (exact) mass is 535 g/mol. The van der Waals surface area contributed by atoms with E-state index in [4.69, 9.17) is 9.47 Å². The average molecular weight is 536 g/mol. The van der Waals surface area contributed by atoms with Crippen molar-refractivity contribution < 1.29 is 27.4 Å². The molecule has 0 bridgehead atoms. The number of aryl methyl sites for hydroxylation is 1. The van der Waals surface area contributed by atoms with E-state index in [-0.39, 0.29) is 24.4 Å². The largest absolute Gasteiger partial charge is 0.481 e. The van der Waals surface area contributed by atoms with Crippen LogP contribution in [-0.4, -0.2) is 70.3 Å². The number of carbonyl (C=O) groups is 1. The number of rotatable bonds is 9. The fourth-order valence-corrected chi connectivity index (χ4v) is 4.98. The molecule has 0 spiro atoms. The predicted octanol–water partition coefficient (Wildman–Crippen LogP) is 4.05. The molecule has 4 rings (SSSR count). The second-order valence-electron chi connectivity index (χ2n) is 10.2. The van der Waals surface area contributed by atoms with Crippen LogP contribution in [0.4, 0.5) is 13.2 Å². The summed E-state index contributed by atoms with van der Waals surface area (Å²) in [4.78, 5) is 27.2. The van der Waals surface area contributed by atoms with Crippen LogP contribution < -0.4 is 14.8 Å². The summed E-state index contributed by atoms with van der Waals surface area (Å²) in [6, 6.07) is 3.56. The molecule has 208 valence electrons. The van der Waals surface area contributed by atoms with Crippen LogP contribution in [0, 0.1) is 12.8 Å². The maximum absolute atomic E-state index is 12.8. The van der Waals surface area contributed by atoms with Crippen molar-refractivity contribution in [3.8, 4) is 11.6 Å². The molecule has 1 amide bonds. The van der Waals surface area contributed by atoms with Crippen molar-refractivity contribution >= 4 is 5.91 Å². The molecule has 1 aliphatic heterocycles. The minimum Gasteiger partial charge on any atom is -0.481 e. The Morgan fingerprint density at radius 1 is 1.13 bits per heavy atom. The average Bonchev–Trinajstić information content (AvgIpc) is 3.09. The van der Waals surface area contributed by atoms with Crippen molar-refractivity contribution in [2.75, 3.05) is 26.2 Å². The van der Waals surface area contributed by atoms with Gasteiger partial charge >= 0.3 is 6.18 Å². The van der Waals surface area contributed by atoms with Crippen LogP contribution in [0.3, 0.4) is 0 Å². The molecule has 1 fully saturated rings. The standard InChI is InChI=1S/C27H36F3N5O3/c1-18(27(28,29)30)38-26-8-5-21-10-13-35(14-11-24(21)34-26)12-9-20-3-6-22(7-4-20)33-25(36)17-37-23-15-31-19(2)32-16-23/h5,8,15-16,18,20,22H,3-4,6-7,9-14,17H2,1-2H3,(H,33,36)/t18-,20?,22?/m1/s1. The zero-order valence-electron chi connectivity index (χ0n) is 22.0. The zero-order valence-corrected chi connectivity index (χ0v) is 22.0. The van der Waals surface area contributed by atoms with Gasteiger partial charge in [-0.1, -0.05) is 6.07 Å². The number of hydrogen-bond donors (Lipinski definition) is 1.